The number of hydrogen-bond donors (Lipinski definition) is 2. The maximum Gasteiger partial charge on any atom is 0.259 e. The lowest BCUT2D eigenvalue weighted by Gasteiger charge is -2.14. The van der Waals surface area contributed by atoms with Crippen LogP contribution < -0.4 is 14.8 Å². The van der Waals surface area contributed by atoms with Crippen molar-refractivity contribution in [1.82, 2.24) is 4.72 Å². The number of methoxy groups -OCH3 is 1. The fourth-order valence-corrected chi connectivity index (χ4v) is 4.00. The Bertz CT molecular complexity index is 991. The number of halogens is 2. The van der Waals surface area contributed by atoms with Crippen LogP contribution in [0.2, 0.25) is 0 Å². The van der Waals surface area contributed by atoms with Gasteiger partial charge in [-0.25, -0.2) is 21.9 Å². The highest BCUT2D eigenvalue weighted by atomic mass is 32.2. The molecular formula is C18H18F2N2O5S. The molecule has 1 aliphatic rings. The van der Waals surface area contributed by atoms with Crippen LogP contribution >= 0.6 is 0 Å². The van der Waals surface area contributed by atoms with Crippen LogP contribution in [-0.2, 0) is 14.8 Å². The molecule has 1 fully saturated rings. The molecule has 2 aromatic rings. The van der Waals surface area contributed by atoms with Crippen LogP contribution in [0.5, 0.6) is 5.75 Å². The number of benzene rings is 2. The number of nitrogens with one attached hydrogen (secondary N) is 2. The lowest BCUT2D eigenvalue weighted by molar-refractivity contribution is 0.102. The first-order valence-electron chi connectivity index (χ1n) is 8.34. The smallest absolute Gasteiger partial charge is 0.259 e. The SMILES string of the molecule is COc1ccc(S(=O)(=O)NC2CCOC2)cc1C(=O)Nc1ccc(F)c(F)c1. The summed E-state index contributed by atoms with van der Waals surface area (Å²) >= 11 is 0. The first kappa shape index (κ1) is 20.2. The van der Waals surface area contributed by atoms with Crippen LogP contribution in [0, 0.1) is 11.6 Å². The summed E-state index contributed by atoms with van der Waals surface area (Å²) in [6.45, 7) is 0.747. The van der Waals surface area contributed by atoms with E-state index in [1.54, 1.807) is 0 Å². The summed E-state index contributed by atoms with van der Waals surface area (Å²) in [7, 11) is -2.56. The molecule has 0 bridgehead atoms. The number of carbonyl (C=O) groups excluding carboxylic acids is 1. The third-order valence-electron chi connectivity index (χ3n) is 4.15. The molecule has 1 atom stereocenters. The van der Waals surface area contributed by atoms with E-state index in [9.17, 15) is 22.0 Å². The summed E-state index contributed by atoms with van der Waals surface area (Å²) in [6, 6.07) is 6.35. The van der Waals surface area contributed by atoms with Crippen molar-refractivity contribution in [2.45, 2.75) is 17.4 Å². The lowest BCUT2D eigenvalue weighted by atomic mass is 10.2. The number of sulfonamides is 1. The van der Waals surface area contributed by atoms with Crippen molar-refractivity contribution in [2.24, 2.45) is 0 Å². The number of carbonyl (C=O) groups is 1. The number of hydrogen-bond acceptors (Lipinski definition) is 5. The largest absolute Gasteiger partial charge is 0.496 e. The van der Waals surface area contributed by atoms with Crippen molar-refractivity contribution in [1.29, 1.82) is 0 Å². The van der Waals surface area contributed by atoms with Crippen molar-refractivity contribution in [2.75, 3.05) is 25.6 Å². The first-order chi connectivity index (χ1) is 13.3. The molecule has 0 aromatic heterocycles. The molecular weight excluding hydrogens is 394 g/mol. The third-order valence-corrected chi connectivity index (χ3v) is 5.67. The molecule has 1 unspecified atom stereocenters. The molecule has 7 nitrogen and oxygen atoms in total. The highest BCUT2D eigenvalue weighted by molar-refractivity contribution is 7.89. The zero-order valence-corrected chi connectivity index (χ0v) is 15.7. The van der Waals surface area contributed by atoms with Crippen LogP contribution in [0.3, 0.4) is 0 Å². The van der Waals surface area contributed by atoms with Crippen LogP contribution in [0.25, 0.3) is 0 Å². The van der Waals surface area contributed by atoms with Gasteiger partial charge in [0.05, 0.1) is 24.2 Å². The Kier molecular flexibility index (Phi) is 5.92. The van der Waals surface area contributed by atoms with E-state index >= 15 is 0 Å². The summed E-state index contributed by atoms with van der Waals surface area (Å²) in [5.41, 5.74) is -0.0572. The molecule has 150 valence electrons. The molecule has 2 N–H and O–H groups in total. The summed E-state index contributed by atoms with van der Waals surface area (Å²) in [5, 5.41) is 2.39. The van der Waals surface area contributed by atoms with Gasteiger partial charge in [-0.3, -0.25) is 4.79 Å². The van der Waals surface area contributed by atoms with Gasteiger partial charge in [-0.05, 0) is 36.8 Å². The average Bonchev–Trinajstić information content (AvgIpc) is 3.16. The van der Waals surface area contributed by atoms with E-state index in [-0.39, 0.29) is 34.5 Å². The number of rotatable bonds is 6. The Morgan fingerprint density at radius 3 is 2.61 bits per heavy atom. The molecule has 28 heavy (non-hydrogen) atoms. The molecule has 1 aliphatic heterocycles. The quantitative estimate of drug-likeness (QED) is 0.759. The Morgan fingerprint density at radius 2 is 1.96 bits per heavy atom. The molecule has 0 aliphatic carbocycles. The van der Waals surface area contributed by atoms with E-state index in [1.807, 2.05) is 0 Å². The number of anilines is 1. The summed E-state index contributed by atoms with van der Waals surface area (Å²) in [6.07, 6.45) is 0.554. The lowest BCUT2D eigenvalue weighted by Crippen LogP contribution is -2.35. The fourth-order valence-electron chi connectivity index (χ4n) is 2.72. The molecule has 2 aromatic carbocycles. The summed E-state index contributed by atoms with van der Waals surface area (Å²) < 4.78 is 64.3. The van der Waals surface area contributed by atoms with Gasteiger partial charge < -0.3 is 14.8 Å². The van der Waals surface area contributed by atoms with Gasteiger partial charge in [0.25, 0.3) is 5.91 Å². The van der Waals surface area contributed by atoms with Crippen molar-refractivity contribution >= 4 is 21.6 Å². The van der Waals surface area contributed by atoms with Crippen LogP contribution in [0.4, 0.5) is 14.5 Å². The molecule has 1 amide bonds. The van der Waals surface area contributed by atoms with Crippen molar-refractivity contribution in [3.63, 3.8) is 0 Å². The Balaban J connectivity index is 1.87. The van der Waals surface area contributed by atoms with E-state index in [4.69, 9.17) is 9.47 Å². The Labute approximate surface area is 160 Å². The molecule has 0 spiro atoms. The minimum atomic E-state index is -3.89. The normalized spacial score (nSPS) is 16.8. The maximum absolute atomic E-state index is 13.3. The monoisotopic (exact) mass is 412 g/mol. The molecule has 10 heteroatoms. The highest BCUT2D eigenvalue weighted by Gasteiger charge is 2.25. The molecule has 1 saturated heterocycles. The summed E-state index contributed by atoms with van der Waals surface area (Å²) in [5.74, 6) is -2.78. The zero-order chi connectivity index (χ0) is 20.3. The molecule has 0 saturated carbocycles. The van der Waals surface area contributed by atoms with Gasteiger partial charge in [-0.1, -0.05) is 0 Å². The second-order valence-corrected chi connectivity index (χ2v) is 7.84. The standard InChI is InChI=1S/C18H18F2N2O5S/c1-26-17-5-3-13(28(24,25)22-12-6-7-27-10-12)9-14(17)18(23)21-11-2-4-15(19)16(20)8-11/h2-5,8-9,12,22H,6-7,10H2,1H3,(H,21,23). The Morgan fingerprint density at radius 1 is 1.18 bits per heavy atom. The first-order valence-corrected chi connectivity index (χ1v) is 9.83. The van der Waals surface area contributed by atoms with E-state index in [2.05, 4.69) is 10.0 Å². The van der Waals surface area contributed by atoms with Gasteiger partial charge in [-0.15, -0.1) is 0 Å². The molecule has 3 rings (SSSR count). The van der Waals surface area contributed by atoms with Gasteiger partial charge in [-0.2, -0.15) is 0 Å². The van der Waals surface area contributed by atoms with Crippen LogP contribution in [-0.4, -0.2) is 40.7 Å². The van der Waals surface area contributed by atoms with E-state index in [0.717, 1.165) is 18.2 Å². The van der Waals surface area contributed by atoms with Gasteiger partial charge in [0, 0.05) is 24.4 Å². The van der Waals surface area contributed by atoms with E-state index in [0.29, 0.717) is 13.0 Å². The van der Waals surface area contributed by atoms with Crippen molar-refractivity contribution in [3.8, 4) is 5.75 Å². The predicted octanol–water partition coefficient (Wildman–Crippen LogP) is 2.29. The van der Waals surface area contributed by atoms with Crippen LogP contribution in [0.15, 0.2) is 41.3 Å². The van der Waals surface area contributed by atoms with Crippen molar-refractivity contribution < 1.29 is 31.5 Å². The zero-order valence-electron chi connectivity index (χ0n) is 14.9. The van der Waals surface area contributed by atoms with Gasteiger partial charge in [0.1, 0.15) is 5.75 Å². The second-order valence-electron chi connectivity index (χ2n) is 6.13. The number of amides is 1. The topological polar surface area (TPSA) is 93.7 Å². The highest BCUT2D eigenvalue weighted by Crippen LogP contribution is 2.24. The van der Waals surface area contributed by atoms with Crippen molar-refractivity contribution in [3.05, 3.63) is 53.6 Å². The fraction of sp³-hybridized carbons (Fsp3) is 0.278. The second kappa shape index (κ2) is 8.21. The summed E-state index contributed by atoms with van der Waals surface area (Å²) in [4.78, 5) is 12.4. The average molecular weight is 412 g/mol. The van der Waals surface area contributed by atoms with Crippen LogP contribution in [0.1, 0.15) is 16.8 Å². The van der Waals surface area contributed by atoms with E-state index in [1.165, 1.54) is 25.3 Å². The van der Waals surface area contributed by atoms with Gasteiger partial charge >= 0.3 is 0 Å². The maximum atomic E-state index is 13.3. The van der Waals surface area contributed by atoms with Gasteiger partial charge in [0.2, 0.25) is 10.0 Å². The molecule has 1 heterocycles. The minimum absolute atomic E-state index is 0.0143. The number of ether oxygens (including phenoxy) is 2. The minimum Gasteiger partial charge on any atom is -0.496 e. The third kappa shape index (κ3) is 4.46. The van der Waals surface area contributed by atoms with Gasteiger partial charge in [0.15, 0.2) is 11.6 Å². The predicted molar refractivity (Wildman–Crippen MR) is 96.9 cm³/mol. The molecule has 0 radical (unpaired) electrons. The van der Waals surface area contributed by atoms with E-state index < -0.39 is 27.6 Å². The Hall–Kier alpha value is -2.56.